The lowest BCUT2D eigenvalue weighted by atomic mass is 9.98. The minimum Gasteiger partial charge on any atom is -0.311 e. The van der Waals surface area contributed by atoms with Crippen molar-refractivity contribution in [1.82, 2.24) is 15.1 Å². The van der Waals surface area contributed by atoms with Crippen molar-refractivity contribution in [2.24, 2.45) is 24.8 Å². The van der Waals surface area contributed by atoms with E-state index in [2.05, 4.69) is 34.7 Å². The van der Waals surface area contributed by atoms with Gasteiger partial charge >= 0.3 is 0 Å². The minimum atomic E-state index is 0.900. The van der Waals surface area contributed by atoms with E-state index in [9.17, 15) is 0 Å². The van der Waals surface area contributed by atoms with Gasteiger partial charge in [-0.3, -0.25) is 4.68 Å². The van der Waals surface area contributed by atoms with Gasteiger partial charge < -0.3 is 5.32 Å². The quantitative estimate of drug-likeness (QED) is 0.873. The molecule has 2 aliphatic rings. The summed E-state index contributed by atoms with van der Waals surface area (Å²) in [5.74, 6) is 2.98. The molecule has 0 atom stereocenters. The predicted molar refractivity (Wildman–Crippen MR) is 81.4 cm³/mol. The highest BCUT2D eigenvalue weighted by Crippen LogP contribution is 2.48. The number of rotatable bonds is 6. The molecule has 2 saturated carbocycles. The van der Waals surface area contributed by atoms with Crippen LogP contribution in [0.2, 0.25) is 0 Å². The normalized spacial score (nSPS) is 19.1. The second-order valence-corrected chi connectivity index (χ2v) is 6.56. The van der Waals surface area contributed by atoms with Crippen LogP contribution in [0.15, 0.2) is 24.3 Å². The van der Waals surface area contributed by atoms with Gasteiger partial charge in [-0.1, -0.05) is 18.2 Å². The fourth-order valence-electron chi connectivity index (χ4n) is 3.54. The smallest absolute Gasteiger partial charge is 0.0841 e. The Balaban J connectivity index is 1.42. The molecule has 1 aromatic heterocycles. The van der Waals surface area contributed by atoms with Crippen molar-refractivity contribution >= 4 is 10.9 Å². The minimum absolute atomic E-state index is 0.900. The first-order valence-electron chi connectivity index (χ1n) is 7.94. The topological polar surface area (TPSA) is 29.9 Å². The molecule has 0 aliphatic heterocycles. The van der Waals surface area contributed by atoms with E-state index in [0.29, 0.717) is 0 Å². The van der Waals surface area contributed by atoms with E-state index in [1.54, 1.807) is 0 Å². The Labute approximate surface area is 120 Å². The van der Waals surface area contributed by atoms with Gasteiger partial charge in [0.1, 0.15) is 0 Å². The second-order valence-electron chi connectivity index (χ2n) is 6.56. The van der Waals surface area contributed by atoms with Crippen molar-refractivity contribution in [2.75, 3.05) is 6.54 Å². The number of aryl methyl sites for hydroxylation is 1. The fourth-order valence-corrected chi connectivity index (χ4v) is 3.54. The first kappa shape index (κ1) is 12.4. The Morgan fingerprint density at radius 2 is 1.90 bits per heavy atom. The number of nitrogens with one attached hydrogen (secondary N) is 1. The van der Waals surface area contributed by atoms with Crippen molar-refractivity contribution in [3.05, 3.63) is 30.0 Å². The van der Waals surface area contributed by atoms with Gasteiger partial charge in [0.25, 0.3) is 0 Å². The third kappa shape index (κ3) is 2.35. The lowest BCUT2D eigenvalue weighted by Gasteiger charge is -2.15. The van der Waals surface area contributed by atoms with Crippen LogP contribution >= 0.6 is 0 Å². The van der Waals surface area contributed by atoms with Gasteiger partial charge in [-0.05, 0) is 56.0 Å². The van der Waals surface area contributed by atoms with Gasteiger partial charge in [0.15, 0.2) is 0 Å². The maximum Gasteiger partial charge on any atom is 0.0841 e. The third-order valence-electron chi connectivity index (χ3n) is 4.96. The zero-order valence-electron chi connectivity index (χ0n) is 12.2. The maximum atomic E-state index is 4.66. The SMILES string of the molecule is Cn1nc(CNCC(C2CC2)C2CC2)c2ccccc21. The molecule has 0 bridgehead atoms. The van der Waals surface area contributed by atoms with Crippen molar-refractivity contribution in [3.8, 4) is 0 Å². The van der Waals surface area contributed by atoms with Crippen molar-refractivity contribution < 1.29 is 0 Å². The van der Waals surface area contributed by atoms with Crippen molar-refractivity contribution in [2.45, 2.75) is 32.2 Å². The number of hydrogen-bond donors (Lipinski definition) is 1. The molecule has 1 aromatic carbocycles. The van der Waals surface area contributed by atoms with Crippen molar-refractivity contribution in [3.63, 3.8) is 0 Å². The van der Waals surface area contributed by atoms with E-state index in [0.717, 1.165) is 24.3 Å². The van der Waals surface area contributed by atoms with Gasteiger partial charge in [0.2, 0.25) is 0 Å². The number of hydrogen-bond acceptors (Lipinski definition) is 2. The number of nitrogens with zero attached hydrogens (tertiary/aromatic N) is 2. The average Bonchev–Trinajstić information content (AvgIpc) is 3.36. The molecule has 0 radical (unpaired) electrons. The molecule has 0 spiro atoms. The standard InChI is InChI=1S/C17H23N3/c1-20-17-5-3-2-4-14(17)16(19-20)11-18-10-15(12-6-7-12)13-8-9-13/h2-5,12-13,15,18H,6-11H2,1H3. The fraction of sp³-hybridized carbons (Fsp3) is 0.588. The molecule has 0 unspecified atom stereocenters. The molecule has 2 aromatic rings. The van der Waals surface area contributed by atoms with Gasteiger partial charge in [0.05, 0.1) is 11.2 Å². The van der Waals surface area contributed by atoms with Crippen LogP contribution in [0.1, 0.15) is 31.4 Å². The van der Waals surface area contributed by atoms with E-state index >= 15 is 0 Å². The van der Waals surface area contributed by atoms with Crippen LogP contribution in [0.5, 0.6) is 0 Å². The van der Waals surface area contributed by atoms with Gasteiger partial charge in [0, 0.05) is 19.0 Å². The summed E-state index contributed by atoms with van der Waals surface area (Å²) in [7, 11) is 2.03. The summed E-state index contributed by atoms with van der Waals surface area (Å²) in [6, 6.07) is 8.50. The number of aromatic nitrogens is 2. The van der Waals surface area contributed by atoms with E-state index in [4.69, 9.17) is 0 Å². The molecular weight excluding hydrogens is 246 g/mol. The first-order valence-corrected chi connectivity index (χ1v) is 7.94. The highest BCUT2D eigenvalue weighted by molar-refractivity contribution is 5.81. The zero-order chi connectivity index (χ0) is 13.5. The Bertz CT molecular complexity index is 596. The van der Waals surface area contributed by atoms with E-state index in [1.165, 1.54) is 48.8 Å². The predicted octanol–water partition coefficient (Wildman–Crippen LogP) is 3.10. The summed E-state index contributed by atoms with van der Waals surface area (Å²) in [5, 5.41) is 9.62. The molecule has 2 fully saturated rings. The Morgan fingerprint density at radius 1 is 1.20 bits per heavy atom. The van der Waals surface area contributed by atoms with Crippen LogP contribution in [0.25, 0.3) is 10.9 Å². The third-order valence-corrected chi connectivity index (χ3v) is 4.96. The van der Waals surface area contributed by atoms with Gasteiger partial charge in [-0.25, -0.2) is 0 Å². The number of benzene rings is 1. The van der Waals surface area contributed by atoms with Gasteiger partial charge in [-0.15, -0.1) is 0 Å². The number of para-hydroxylation sites is 1. The molecular formula is C17H23N3. The monoisotopic (exact) mass is 269 g/mol. The molecule has 1 N–H and O–H groups in total. The second kappa shape index (κ2) is 4.88. The van der Waals surface area contributed by atoms with Crippen LogP contribution in [0.4, 0.5) is 0 Å². The Morgan fingerprint density at radius 3 is 2.60 bits per heavy atom. The summed E-state index contributed by atoms with van der Waals surface area (Å²) < 4.78 is 1.99. The van der Waals surface area contributed by atoms with Crippen LogP contribution in [-0.2, 0) is 13.6 Å². The summed E-state index contributed by atoms with van der Waals surface area (Å²) in [5.41, 5.74) is 2.42. The average molecular weight is 269 g/mol. The van der Waals surface area contributed by atoms with E-state index in [-0.39, 0.29) is 0 Å². The lowest BCUT2D eigenvalue weighted by Crippen LogP contribution is -2.25. The van der Waals surface area contributed by atoms with Crippen LogP contribution in [-0.4, -0.2) is 16.3 Å². The summed E-state index contributed by atoms with van der Waals surface area (Å²) in [4.78, 5) is 0. The molecule has 0 saturated heterocycles. The van der Waals surface area contributed by atoms with Gasteiger partial charge in [-0.2, -0.15) is 5.10 Å². The molecule has 1 heterocycles. The molecule has 20 heavy (non-hydrogen) atoms. The Hall–Kier alpha value is -1.35. The molecule has 0 amide bonds. The first-order chi connectivity index (χ1) is 9.83. The molecule has 3 nitrogen and oxygen atoms in total. The van der Waals surface area contributed by atoms with E-state index < -0.39 is 0 Å². The summed E-state index contributed by atoms with van der Waals surface area (Å²) >= 11 is 0. The number of fused-ring (bicyclic) bond motifs is 1. The molecule has 4 rings (SSSR count). The maximum absolute atomic E-state index is 4.66. The lowest BCUT2D eigenvalue weighted by molar-refractivity contribution is 0.377. The Kier molecular flexibility index (Phi) is 3.03. The van der Waals surface area contributed by atoms with Crippen LogP contribution < -0.4 is 5.32 Å². The highest BCUT2D eigenvalue weighted by Gasteiger charge is 2.40. The zero-order valence-corrected chi connectivity index (χ0v) is 12.2. The molecule has 106 valence electrons. The summed E-state index contributed by atoms with van der Waals surface area (Å²) in [6.45, 7) is 2.08. The molecule has 3 heteroatoms. The van der Waals surface area contributed by atoms with Crippen molar-refractivity contribution in [1.29, 1.82) is 0 Å². The van der Waals surface area contributed by atoms with Crippen LogP contribution in [0.3, 0.4) is 0 Å². The van der Waals surface area contributed by atoms with E-state index in [1.807, 2.05) is 11.7 Å². The largest absolute Gasteiger partial charge is 0.311 e. The van der Waals surface area contributed by atoms with Crippen LogP contribution in [0, 0.1) is 17.8 Å². The molecule has 2 aliphatic carbocycles. The summed E-state index contributed by atoms with van der Waals surface area (Å²) in [6.07, 6.45) is 5.87. The highest BCUT2D eigenvalue weighted by atomic mass is 15.3.